The minimum Gasteiger partial charge on any atom is -0.354 e. The summed E-state index contributed by atoms with van der Waals surface area (Å²) in [7, 11) is 6.00. The third-order valence-corrected chi connectivity index (χ3v) is 5.25. The van der Waals surface area contributed by atoms with Crippen molar-refractivity contribution in [1.82, 2.24) is 19.9 Å². The van der Waals surface area contributed by atoms with E-state index in [2.05, 4.69) is 20.3 Å². The van der Waals surface area contributed by atoms with E-state index in [0.29, 0.717) is 37.3 Å². The van der Waals surface area contributed by atoms with Crippen molar-refractivity contribution in [3.63, 3.8) is 0 Å². The van der Waals surface area contributed by atoms with Gasteiger partial charge in [0.2, 0.25) is 5.95 Å². The number of aromatic nitrogens is 3. The Morgan fingerprint density at radius 1 is 1.22 bits per heavy atom. The maximum atomic E-state index is 13.6. The summed E-state index contributed by atoms with van der Waals surface area (Å²) in [4.78, 5) is 17.3. The highest BCUT2D eigenvalue weighted by Crippen LogP contribution is 2.65. The van der Waals surface area contributed by atoms with E-state index in [9.17, 15) is 8.78 Å². The average molecular weight is 376 g/mol. The Morgan fingerprint density at radius 2 is 1.93 bits per heavy atom. The number of alkyl halides is 2. The molecular weight excluding hydrogens is 350 g/mol. The van der Waals surface area contributed by atoms with Crippen LogP contribution >= 0.6 is 0 Å². The molecular formula is C19H26F2N6. The molecule has 2 aliphatic carbocycles. The molecule has 0 aromatic carbocycles. The molecule has 2 saturated carbocycles. The Labute approximate surface area is 158 Å². The molecule has 1 spiro atoms. The molecule has 0 bridgehead atoms. The molecule has 8 heteroatoms. The van der Waals surface area contributed by atoms with Gasteiger partial charge < -0.3 is 15.1 Å². The molecule has 146 valence electrons. The van der Waals surface area contributed by atoms with Gasteiger partial charge in [0, 0.05) is 43.3 Å². The van der Waals surface area contributed by atoms with E-state index >= 15 is 0 Å². The van der Waals surface area contributed by atoms with Crippen LogP contribution < -0.4 is 10.2 Å². The van der Waals surface area contributed by atoms with Gasteiger partial charge in [-0.25, -0.2) is 23.7 Å². The van der Waals surface area contributed by atoms with E-state index in [1.54, 1.807) is 12.4 Å². The standard InChI is InChI=1S/C16H17F2N5.C3H9N/c17-16(18)8-15(16)4-6-23(9-15)13-12-10(3-5-19-13)7-20-14(22-12)21-11-1-2-11;1-4(2)3/h3,5,7,11H,1-2,4,6,8-9H2,(H,20,21,22);1-3H3. The van der Waals surface area contributed by atoms with Crippen LogP contribution in [0.3, 0.4) is 0 Å². The minimum atomic E-state index is -2.51. The van der Waals surface area contributed by atoms with Crippen LogP contribution in [0.5, 0.6) is 0 Å². The van der Waals surface area contributed by atoms with Crippen molar-refractivity contribution in [2.45, 2.75) is 37.6 Å². The normalized spacial score (nSPS) is 25.6. The van der Waals surface area contributed by atoms with Gasteiger partial charge in [-0.15, -0.1) is 0 Å². The number of pyridine rings is 1. The monoisotopic (exact) mass is 376 g/mol. The van der Waals surface area contributed by atoms with E-state index < -0.39 is 11.3 Å². The van der Waals surface area contributed by atoms with Gasteiger partial charge in [0.1, 0.15) is 5.52 Å². The number of rotatable bonds is 3. The highest BCUT2D eigenvalue weighted by Gasteiger charge is 2.72. The van der Waals surface area contributed by atoms with Crippen molar-refractivity contribution in [3.8, 4) is 0 Å². The maximum absolute atomic E-state index is 13.6. The van der Waals surface area contributed by atoms with E-state index in [1.807, 2.05) is 37.0 Å². The first-order chi connectivity index (χ1) is 12.8. The second-order valence-corrected chi connectivity index (χ2v) is 8.36. The van der Waals surface area contributed by atoms with Gasteiger partial charge >= 0.3 is 0 Å². The fourth-order valence-electron chi connectivity index (χ4n) is 3.53. The average Bonchev–Trinajstić information content (AvgIpc) is 3.44. The van der Waals surface area contributed by atoms with E-state index in [0.717, 1.165) is 23.7 Å². The van der Waals surface area contributed by atoms with Gasteiger partial charge in [0.25, 0.3) is 5.92 Å². The predicted molar refractivity (Wildman–Crippen MR) is 102 cm³/mol. The lowest BCUT2D eigenvalue weighted by molar-refractivity contribution is 0.0711. The molecule has 3 aliphatic rings. The summed E-state index contributed by atoms with van der Waals surface area (Å²) in [5, 5.41) is 4.17. The van der Waals surface area contributed by atoms with Crippen molar-refractivity contribution >= 4 is 22.7 Å². The highest BCUT2D eigenvalue weighted by atomic mass is 19.3. The van der Waals surface area contributed by atoms with Crippen LogP contribution in [0.1, 0.15) is 25.7 Å². The second-order valence-electron chi connectivity index (χ2n) is 8.36. The molecule has 2 aromatic rings. The summed E-state index contributed by atoms with van der Waals surface area (Å²) in [6.45, 7) is 0.971. The lowest BCUT2D eigenvalue weighted by Crippen LogP contribution is -2.23. The number of halogens is 2. The molecule has 3 heterocycles. The number of nitrogens with one attached hydrogen (secondary N) is 1. The lowest BCUT2D eigenvalue weighted by atomic mass is 10.1. The zero-order chi connectivity index (χ0) is 19.2. The molecule has 6 nitrogen and oxygen atoms in total. The van der Waals surface area contributed by atoms with Crippen molar-refractivity contribution in [2.24, 2.45) is 5.41 Å². The number of fused-ring (bicyclic) bond motifs is 1. The summed E-state index contributed by atoms with van der Waals surface area (Å²) in [6.07, 6.45) is 6.29. The Bertz CT molecular complexity index is 835. The molecule has 0 radical (unpaired) electrons. The van der Waals surface area contributed by atoms with Crippen LogP contribution in [-0.2, 0) is 0 Å². The topological polar surface area (TPSA) is 57.2 Å². The molecule has 5 rings (SSSR count). The number of nitrogens with zero attached hydrogens (tertiary/aromatic N) is 5. The molecule has 1 N–H and O–H groups in total. The maximum Gasteiger partial charge on any atom is 0.256 e. The van der Waals surface area contributed by atoms with Crippen molar-refractivity contribution in [1.29, 1.82) is 0 Å². The summed E-state index contributed by atoms with van der Waals surface area (Å²) >= 11 is 0. The largest absolute Gasteiger partial charge is 0.354 e. The van der Waals surface area contributed by atoms with Crippen LogP contribution in [0.4, 0.5) is 20.5 Å². The van der Waals surface area contributed by atoms with Gasteiger partial charge in [0.05, 0.1) is 5.41 Å². The van der Waals surface area contributed by atoms with Crippen molar-refractivity contribution in [3.05, 3.63) is 18.5 Å². The van der Waals surface area contributed by atoms with Crippen molar-refractivity contribution in [2.75, 3.05) is 44.4 Å². The number of anilines is 2. The quantitative estimate of drug-likeness (QED) is 0.889. The molecule has 3 fully saturated rings. The minimum absolute atomic E-state index is 0.00470. The summed E-state index contributed by atoms with van der Waals surface area (Å²) < 4.78 is 27.3. The Kier molecular flexibility index (Phi) is 4.41. The number of hydrogen-bond acceptors (Lipinski definition) is 6. The zero-order valence-electron chi connectivity index (χ0n) is 16.0. The van der Waals surface area contributed by atoms with Gasteiger partial charge in [-0.2, -0.15) is 0 Å². The van der Waals surface area contributed by atoms with E-state index in [-0.39, 0.29) is 6.42 Å². The number of hydrogen-bond donors (Lipinski definition) is 1. The molecule has 1 aliphatic heterocycles. The van der Waals surface area contributed by atoms with Crippen LogP contribution in [0.25, 0.3) is 10.9 Å². The predicted octanol–water partition coefficient (Wildman–Crippen LogP) is 3.01. The fraction of sp³-hybridized carbons (Fsp3) is 0.632. The van der Waals surface area contributed by atoms with Gasteiger partial charge in [-0.3, -0.25) is 0 Å². The van der Waals surface area contributed by atoms with Gasteiger partial charge in [0.15, 0.2) is 5.82 Å². The summed E-state index contributed by atoms with van der Waals surface area (Å²) in [5.74, 6) is -1.22. The summed E-state index contributed by atoms with van der Waals surface area (Å²) in [6, 6.07) is 2.32. The first kappa shape index (κ1) is 18.3. The molecule has 0 amide bonds. The highest BCUT2D eigenvalue weighted by molar-refractivity contribution is 5.88. The first-order valence-corrected chi connectivity index (χ1v) is 9.42. The smallest absolute Gasteiger partial charge is 0.256 e. The van der Waals surface area contributed by atoms with Crippen LogP contribution in [0, 0.1) is 5.41 Å². The van der Waals surface area contributed by atoms with Crippen molar-refractivity contribution < 1.29 is 8.78 Å². The zero-order valence-corrected chi connectivity index (χ0v) is 16.0. The van der Waals surface area contributed by atoms with Crippen LogP contribution in [0.2, 0.25) is 0 Å². The Morgan fingerprint density at radius 3 is 2.52 bits per heavy atom. The van der Waals surface area contributed by atoms with Crippen LogP contribution in [-0.4, -0.2) is 66.0 Å². The van der Waals surface area contributed by atoms with E-state index in [1.165, 1.54) is 0 Å². The van der Waals surface area contributed by atoms with Crippen LogP contribution in [0.15, 0.2) is 18.5 Å². The summed E-state index contributed by atoms with van der Waals surface area (Å²) in [5.41, 5.74) is -0.0921. The molecule has 1 unspecified atom stereocenters. The Balaban J connectivity index is 0.000000413. The Hall–Kier alpha value is -2.09. The molecule has 27 heavy (non-hydrogen) atoms. The lowest BCUT2D eigenvalue weighted by Gasteiger charge is -2.19. The van der Waals surface area contributed by atoms with E-state index in [4.69, 9.17) is 0 Å². The molecule has 1 atom stereocenters. The first-order valence-electron chi connectivity index (χ1n) is 9.42. The fourth-order valence-corrected chi connectivity index (χ4v) is 3.53. The molecule has 2 aromatic heterocycles. The SMILES string of the molecule is CN(C)C.FC1(F)CC12CCN(c1nccc3cnc(NC4CC4)nc13)C2. The second kappa shape index (κ2) is 6.51. The third kappa shape index (κ3) is 3.67. The third-order valence-electron chi connectivity index (χ3n) is 5.25. The van der Waals surface area contributed by atoms with Gasteiger partial charge in [-0.1, -0.05) is 0 Å². The van der Waals surface area contributed by atoms with Gasteiger partial charge in [-0.05, 0) is 46.5 Å². The molecule has 1 saturated heterocycles.